The second-order valence-electron chi connectivity index (χ2n) is 5.57. The molecule has 0 saturated heterocycles. The summed E-state index contributed by atoms with van der Waals surface area (Å²) in [6, 6.07) is 14.9. The van der Waals surface area contributed by atoms with Gasteiger partial charge in [0.2, 0.25) is 0 Å². The van der Waals surface area contributed by atoms with Crippen LogP contribution in [-0.4, -0.2) is 20.3 Å². The standard InChI is InChI=1S/C18H21NO2/c1-20-17-9-13-8-14(19)10-15(12-6-4-3-5-7-12)16(13)11-18(17)21-2/h3-7,9,11,14-15H,8,10,19H2,1-2H3/t14-,15-/m0/s1. The molecule has 2 aromatic carbocycles. The Kier molecular flexibility index (Phi) is 3.84. The van der Waals surface area contributed by atoms with Crippen molar-refractivity contribution in [2.45, 2.75) is 24.8 Å². The number of hydrogen-bond acceptors (Lipinski definition) is 3. The van der Waals surface area contributed by atoms with E-state index in [9.17, 15) is 0 Å². The van der Waals surface area contributed by atoms with Crippen molar-refractivity contribution in [3.8, 4) is 11.5 Å². The predicted octanol–water partition coefficient (Wildman–Crippen LogP) is 3.11. The Morgan fingerprint density at radius 1 is 1.00 bits per heavy atom. The summed E-state index contributed by atoms with van der Waals surface area (Å²) >= 11 is 0. The number of fused-ring (bicyclic) bond motifs is 1. The molecule has 0 fully saturated rings. The van der Waals surface area contributed by atoms with E-state index in [4.69, 9.17) is 15.2 Å². The van der Waals surface area contributed by atoms with Gasteiger partial charge >= 0.3 is 0 Å². The molecule has 21 heavy (non-hydrogen) atoms. The third-order valence-corrected chi connectivity index (χ3v) is 4.24. The SMILES string of the molecule is COc1cc2c(cc1OC)[C@H](c1ccccc1)C[C@@H](N)C2. The molecule has 0 aromatic heterocycles. The molecule has 2 N–H and O–H groups in total. The van der Waals surface area contributed by atoms with E-state index in [1.165, 1.54) is 16.7 Å². The fourth-order valence-corrected chi connectivity index (χ4v) is 3.23. The number of ether oxygens (including phenoxy) is 2. The van der Waals surface area contributed by atoms with E-state index in [0.29, 0.717) is 5.92 Å². The van der Waals surface area contributed by atoms with Crippen LogP contribution in [0.4, 0.5) is 0 Å². The largest absolute Gasteiger partial charge is 0.493 e. The summed E-state index contributed by atoms with van der Waals surface area (Å²) in [5.74, 6) is 1.88. The molecule has 3 rings (SSSR count). The Hall–Kier alpha value is -2.00. The summed E-state index contributed by atoms with van der Waals surface area (Å²) in [6.45, 7) is 0. The van der Waals surface area contributed by atoms with Crippen molar-refractivity contribution in [2.75, 3.05) is 14.2 Å². The molecule has 0 aliphatic heterocycles. The number of benzene rings is 2. The Labute approximate surface area is 125 Å². The minimum Gasteiger partial charge on any atom is -0.493 e. The highest BCUT2D eigenvalue weighted by molar-refractivity contribution is 5.52. The molecule has 3 heteroatoms. The van der Waals surface area contributed by atoms with Crippen LogP contribution in [-0.2, 0) is 6.42 Å². The van der Waals surface area contributed by atoms with Gasteiger partial charge in [0.15, 0.2) is 11.5 Å². The van der Waals surface area contributed by atoms with Crippen LogP contribution >= 0.6 is 0 Å². The number of methoxy groups -OCH3 is 2. The molecule has 0 radical (unpaired) electrons. The van der Waals surface area contributed by atoms with E-state index in [1.54, 1.807) is 14.2 Å². The van der Waals surface area contributed by atoms with Crippen molar-refractivity contribution in [3.05, 3.63) is 59.2 Å². The highest BCUT2D eigenvalue weighted by atomic mass is 16.5. The Morgan fingerprint density at radius 3 is 2.33 bits per heavy atom. The molecule has 0 heterocycles. The van der Waals surface area contributed by atoms with Crippen LogP contribution in [0, 0.1) is 0 Å². The van der Waals surface area contributed by atoms with Gasteiger partial charge in [-0.3, -0.25) is 0 Å². The van der Waals surface area contributed by atoms with E-state index in [-0.39, 0.29) is 6.04 Å². The van der Waals surface area contributed by atoms with Gasteiger partial charge in [0, 0.05) is 12.0 Å². The van der Waals surface area contributed by atoms with Crippen LogP contribution < -0.4 is 15.2 Å². The predicted molar refractivity (Wildman–Crippen MR) is 84.1 cm³/mol. The molecule has 3 nitrogen and oxygen atoms in total. The van der Waals surface area contributed by atoms with Crippen LogP contribution in [0.3, 0.4) is 0 Å². The lowest BCUT2D eigenvalue weighted by molar-refractivity contribution is 0.352. The molecule has 1 aliphatic carbocycles. The van der Waals surface area contributed by atoms with Gasteiger partial charge in [-0.1, -0.05) is 30.3 Å². The maximum atomic E-state index is 6.27. The van der Waals surface area contributed by atoms with Crippen LogP contribution in [0.25, 0.3) is 0 Å². The molecular weight excluding hydrogens is 262 g/mol. The average Bonchev–Trinajstić information content (AvgIpc) is 2.53. The Bertz CT molecular complexity index is 625. The lowest BCUT2D eigenvalue weighted by Gasteiger charge is -2.31. The molecule has 0 saturated carbocycles. The quantitative estimate of drug-likeness (QED) is 0.941. The molecule has 0 amide bonds. The minimum atomic E-state index is 0.181. The van der Waals surface area contributed by atoms with Crippen molar-refractivity contribution >= 4 is 0 Å². The van der Waals surface area contributed by atoms with Crippen LogP contribution in [0.5, 0.6) is 11.5 Å². The van der Waals surface area contributed by atoms with Crippen molar-refractivity contribution < 1.29 is 9.47 Å². The lowest BCUT2D eigenvalue weighted by Crippen LogP contribution is -2.31. The van der Waals surface area contributed by atoms with Crippen LogP contribution in [0.15, 0.2) is 42.5 Å². The van der Waals surface area contributed by atoms with E-state index >= 15 is 0 Å². The zero-order valence-corrected chi connectivity index (χ0v) is 12.5. The van der Waals surface area contributed by atoms with Gasteiger partial charge in [-0.15, -0.1) is 0 Å². The first-order chi connectivity index (χ1) is 10.2. The number of hydrogen-bond donors (Lipinski definition) is 1. The second kappa shape index (κ2) is 5.78. The zero-order valence-electron chi connectivity index (χ0n) is 12.5. The van der Waals surface area contributed by atoms with Gasteiger partial charge < -0.3 is 15.2 Å². The van der Waals surface area contributed by atoms with E-state index < -0.39 is 0 Å². The van der Waals surface area contributed by atoms with Crippen LogP contribution in [0.2, 0.25) is 0 Å². The summed E-state index contributed by atoms with van der Waals surface area (Å²) in [7, 11) is 3.35. The van der Waals surface area contributed by atoms with E-state index in [0.717, 1.165) is 24.3 Å². The molecule has 2 atom stereocenters. The van der Waals surface area contributed by atoms with E-state index in [2.05, 4.69) is 36.4 Å². The maximum absolute atomic E-state index is 6.27. The van der Waals surface area contributed by atoms with Crippen molar-refractivity contribution in [2.24, 2.45) is 5.73 Å². The fourth-order valence-electron chi connectivity index (χ4n) is 3.23. The van der Waals surface area contributed by atoms with Crippen molar-refractivity contribution in [1.82, 2.24) is 0 Å². The number of nitrogens with two attached hydrogens (primary N) is 1. The third kappa shape index (κ3) is 2.61. The minimum absolute atomic E-state index is 0.181. The normalized spacial score (nSPS) is 20.7. The molecule has 1 aliphatic rings. The highest BCUT2D eigenvalue weighted by Gasteiger charge is 2.27. The zero-order chi connectivity index (χ0) is 14.8. The summed E-state index contributed by atoms with van der Waals surface area (Å²) in [5.41, 5.74) is 10.1. The lowest BCUT2D eigenvalue weighted by atomic mass is 9.77. The van der Waals surface area contributed by atoms with Crippen molar-refractivity contribution in [3.63, 3.8) is 0 Å². The Balaban J connectivity index is 2.11. The van der Waals surface area contributed by atoms with Gasteiger partial charge in [-0.25, -0.2) is 0 Å². The van der Waals surface area contributed by atoms with Gasteiger partial charge in [0.25, 0.3) is 0 Å². The third-order valence-electron chi connectivity index (χ3n) is 4.24. The Morgan fingerprint density at radius 2 is 1.67 bits per heavy atom. The first-order valence-electron chi connectivity index (χ1n) is 7.28. The summed E-state index contributed by atoms with van der Waals surface area (Å²) in [4.78, 5) is 0. The maximum Gasteiger partial charge on any atom is 0.161 e. The molecule has 110 valence electrons. The fraction of sp³-hybridized carbons (Fsp3) is 0.333. The molecule has 0 bridgehead atoms. The second-order valence-corrected chi connectivity index (χ2v) is 5.57. The molecule has 0 unspecified atom stereocenters. The first kappa shape index (κ1) is 14.0. The van der Waals surface area contributed by atoms with Gasteiger partial charge in [-0.2, -0.15) is 0 Å². The molecule has 0 spiro atoms. The average molecular weight is 283 g/mol. The number of rotatable bonds is 3. The molecular formula is C18H21NO2. The monoisotopic (exact) mass is 283 g/mol. The summed E-state index contributed by atoms with van der Waals surface area (Å²) in [6.07, 6.45) is 1.85. The summed E-state index contributed by atoms with van der Waals surface area (Å²) in [5, 5.41) is 0. The first-order valence-corrected chi connectivity index (χ1v) is 7.28. The van der Waals surface area contributed by atoms with Gasteiger partial charge in [0.05, 0.1) is 14.2 Å². The topological polar surface area (TPSA) is 44.5 Å². The van der Waals surface area contributed by atoms with Gasteiger partial charge in [0.1, 0.15) is 0 Å². The highest BCUT2D eigenvalue weighted by Crippen LogP contribution is 2.41. The van der Waals surface area contributed by atoms with Crippen LogP contribution in [0.1, 0.15) is 29.0 Å². The van der Waals surface area contributed by atoms with E-state index in [1.807, 2.05) is 6.07 Å². The van der Waals surface area contributed by atoms with Gasteiger partial charge in [-0.05, 0) is 41.7 Å². The molecule has 2 aromatic rings. The summed E-state index contributed by atoms with van der Waals surface area (Å²) < 4.78 is 10.9. The smallest absolute Gasteiger partial charge is 0.161 e. The van der Waals surface area contributed by atoms with Crippen molar-refractivity contribution in [1.29, 1.82) is 0 Å².